The molecule has 0 aliphatic carbocycles. The predicted molar refractivity (Wildman–Crippen MR) is 181 cm³/mol. The van der Waals surface area contributed by atoms with Crippen LogP contribution in [0, 0.1) is 0 Å². The molecular weight excluding hydrogens is 790 g/mol. The summed E-state index contributed by atoms with van der Waals surface area (Å²) in [6.45, 7) is 3.25. The first-order valence-electron chi connectivity index (χ1n) is 18.5. The van der Waals surface area contributed by atoms with E-state index >= 15 is 0 Å². The fourth-order valence-corrected chi connectivity index (χ4v) is 7.58. The Morgan fingerprint density at radius 1 is 0.569 bits per heavy atom. The molecule has 3 amide bonds. The van der Waals surface area contributed by atoms with Crippen molar-refractivity contribution in [1.29, 1.82) is 0 Å². The molecule has 58 heavy (non-hydrogen) atoms. The standard InChI is InChI=1S/C33H53N3O22/c1-9-19(43)24(55-29-16(34-10(2)40)22(46)20(44)13(6-37)52-29)17(35-11(3)41)30(50-9)56-25-18(36-12(4)42)31(53-14(7-38)21(25)45)54-23-15(8-39)51-28(47)27-26(23)57-33(5,58-27)32(48)49/h9,13-31,37-39,43-47H,6-8H2,1-5H3,(H,34,40)(H,35,41)(H,36,42)(H,48,49)/t9-,13+,14+,15+,16-,17-,18+,19+,20+,21-,22+,23-,24-,25+,26-,27+,28?,29-,30-,31+,33?/m0/s1. The van der Waals surface area contributed by atoms with Gasteiger partial charge in [0.2, 0.25) is 17.7 Å². The van der Waals surface area contributed by atoms with E-state index in [1.165, 1.54) is 6.92 Å². The topological polar surface area (TPSA) is 370 Å². The van der Waals surface area contributed by atoms with Crippen molar-refractivity contribution in [1.82, 2.24) is 16.0 Å². The van der Waals surface area contributed by atoms with Gasteiger partial charge in [0.1, 0.15) is 91.4 Å². The van der Waals surface area contributed by atoms with Gasteiger partial charge in [0.25, 0.3) is 5.79 Å². The van der Waals surface area contributed by atoms with Crippen molar-refractivity contribution in [3.63, 3.8) is 0 Å². The van der Waals surface area contributed by atoms with Gasteiger partial charge in [0.15, 0.2) is 25.2 Å². The van der Waals surface area contributed by atoms with Gasteiger partial charge in [-0.15, -0.1) is 0 Å². The van der Waals surface area contributed by atoms with Gasteiger partial charge in [-0.05, 0) is 6.92 Å². The van der Waals surface area contributed by atoms with Gasteiger partial charge >= 0.3 is 5.97 Å². The van der Waals surface area contributed by atoms with Gasteiger partial charge in [-0.2, -0.15) is 0 Å². The average molecular weight is 844 g/mol. The molecule has 21 atom stereocenters. The number of carbonyl (C=O) groups excluding carboxylic acids is 3. The Morgan fingerprint density at radius 3 is 1.50 bits per heavy atom. The van der Waals surface area contributed by atoms with E-state index in [2.05, 4.69) is 16.0 Å². The molecule has 25 heteroatoms. The van der Waals surface area contributed by atoms with Gasteiger partial charge in [-0.3, -0.25) is 14.4 Å². The van der Waals surface area contributed by atoms with Crippen LogP contribution in [0.3, 0.4) is 0 Å². The lowest BCUT2D eigenvalue weighted by Crippen LogP contribution is -2.71. The third kappa shape index (κ3) is 9.55. The highest BCUT2D eigenvalue weighted by molar-refractivity contribution is 5.75. The van der Waals surface area contributed by atoms with Crippen molar-refractivity contribution < 1.29 is 108 Å². The SMILES string of the molecule is CC(=O)N[C@@H]1[C@H](O[C@@H]2[C@H](O)[C@H](C)O[C@@H](O[C@H]3[C@@H](O)[C@@H](CO)O[C@H](O[C@@H]4[C@@H]5OC(C)(C(=O)O)O[C@H]5C(O)O[C@@H]4CO)[C@@H]3NC(C)=O)[C@H]2NC(C)=O)O[C@H](CO)[C@@H](O)[C@@H]1O. The number of hydrogen-bond acceptors (Lipinski definition) is 21. The van der Waals surface area contributed by atoms with Gasteiger partial charge in [-0.1, -0.05) is 0 Å². The number of nitrogens with one attached hydrogen (secondary N) is 3. The van der Waals surface area contributed by atoms with Crippen molar-refractivity contribution in [2.45, 2.75) is 163 Å². The van der Waals surface area contributed by atoms with Crippen LogP contribution in [0.25, 0.3) is 0 Å². The first-order chi connectivity index (χ1) is 27.2. The van der Waals surface area contributed by atoms with Crippen molar-refractivity contribution >= 4 is 23.7 Å². The van der Waals surface area contributed by atoms with Gasteiger partial charge in [0, 0.05) is 27.7 Å². The molecule has 0 spiro atoms. The van der Waals surface area contributed by atoms with E-state index in [9.17, 15) is 65.1 Å². The number of rotatable bonds is 13. The lowest BCUT2D eigenvalue weighted by Gasteiger charge is -2.51. The van der Waals surface area contributed by atoms with E-state index in [-0.39, 0.29) is 0 Å². The summed E-state index contributed by atoms with van der Waals surface area (Å²) in [7, 11) is 0. The minimum Gasteiger partial charge on any atom is -0.477 e. The number of aliphatic carboxylic acids is 1. The molecule has 0 aromatic heterocycles. The quantitative estimate of drug-likeness (QED) is 0.0819. The zero-order valence-electron chi connectivity index (χ0n) is 32.0. The fourth-order valence-electron chi connectivity index (χ4n) is 7.58. The first kappa shape index (κ1) is 46.3. The second kappa shape index (κ2) is 18.9. The van der Waals surface area contributed by atoms with Gasteiger partial charge < -0.3 is 105 Å². The molecule has 0 saturated carbocycles. The molecule has 332 valence electrons. The third-order valence-electron chi connectivity index (χ3n) is 10.4. The zero-order valence-corrected chi connectivity index (χ0v) is 32.0. The van der Waals surface area contributed by atoms with Crippen LogP contribution in [-0.4, -0.2) is 218 Å². The normalized spacial score (nSPS) is 46.8. The van der Waals surface area contributed by atoms with Crippen LogP contribution in [0.4, 0.5) is 0 Å². The zero-order chi connectivity index (χ0) is 43.0. The van der Waals surface area contributed by atoms with Crippen LogP contribution in [0.15, 0.2) is 0 Å². The van der Waals surface area contributed by atoms with Crippen LogP contribution in [0.1, 0.15) is 34.6 Å². The van der Waals surface area contributed by atoms with Crippen molar-refractivity contribution in [2.75, 3.05) is 19.8 Å². The molecule has 25 nitrogen and oxygen atoms in total. The molecule has 2 unspecified atom stereocenters. The number of aliphatic hydroxyl groups is 8. The maximum atomic E-state index is 12.7. The molecule has 5 aliphatic heterocycles. The maximum absolute atomic E-state index is 12.7. The van der Waals surface area contributed by atoms with Crippen molar-refractivity contribution in [3.8, 4) is 0 Å². The van der Waals surface area contributed by atoms with Crippen molar-refractivity contribution in [3.05, 3.63) is 0 Å². The third-order valence-corrected chi connectivity index (χ3v) is 10.4. The number of carboxylic acid groups (broad SMARTS) is 1. The minimum atomic E-state index is -2.30. The van der Waals surface area contributed by atoms with Crippen LogP contribution in [-0.2, 0) is 61.8 Å². The number of carboxylic acids is 1. The Hall–Kier alpha value is -2.80. The minimum absolute atomic E-state index is 0.677. The molecule has 0 aromatic rings. The highest BCUT2D eigenvalue weighted by atomic mass is 16.8. The summed E-state index contributed by atoms with van der Waals surface area (Å²) in [4.78, 5) is 49.4. The van der Waals surface area contributed by atoms with E-state index < -0.39 is 172 Å². The summed E-state index contributed by atoms with van der Waals surface area (Å²) in [6.07, 6.45) is -27.1. The van der Waals surface area contributed by atoms with Crippen molar-refractivity contribution in [2.24, 2.45) is 0 Å². The molecule has 0 radical (unpaired) electrons. The number of amides is 3. The van der Waals surface area contributed by atoms with Crippen LogP contribution < -0.4 is 16.0 Å². The van der Waals surface area contributed by atoms with E-state index in [0.717, 1.165) is 27.7 Å². The van der Waals surface area contributed by atoms with Crippen LogP contribution in [0.5, 0.6) is 0 Å². The Balaban J connectivity index is 1.48. The molecule has 5 aliphatic rings. The Kier molecular flexibility index (Phi) is 15.0. The van der Waals surface area contributed by atoms with Crippen LogP contribution >= 0.6 is 0 Å². The number of ether oxygens (including phenoxy) is 9. The lowest BCUT2D eigenvalue weighted by molar-refractivity contribution is -0.357. The summed E-state index contributed by atoms with van der Waals surface area (Å²) in [6, 6.07) is -4.58. The summed E-state index contributed by atoms with van der Waals surface area (Å²) < 4.78 is 52.7. The molecule has 5 rings (SSSR count). The molecular formula is C33H53N3O22. The maximum Gasteiger partial charge on any atom is 0.364 e. The molecule has 12 N–H and O–H groups in total. The smallest absolute Gasteiger partial charge is 0.364 e. The highest BCUT2D eigenvalue weighted by Gasteiger charge is 2.62. The summed E-state index contributed by atoms with van der Waals surface area (Å²) in [5.74, 6) is -6.00. The van der Waals surface area contributed by atoms with E-state index in [4.69, 9.17) is 42.6 Å². The predicted octanol–water partition coefficient (Wildman–Crippen LogP) is -7.43. The number of aliphatic hydroxyl groups excluding tert-OH is 8. The Bertz CT molecular complexity index is 1460. The number of fused-ring (bicyclic) bond motifs is 1. The second-order valence-corrected chi connectivity index (χ2v) is 14.8. The highest BCUT2D eigenvalue weighted by Crippen LogP contribution is 2.40. The number of hydrogen-bond donors (Lipinski definition) is 12. The largest absolute Gasteiger partial charge is 0.477 e. The summed E-state index contributed by atoms with van der Waals surface area (Å²) >= 11 is 0. The Labute approximate surface area is 330 Å². The number of carbonyl (C=O) groups is 4. The van der Waals surface area contributed by atoms with E-state index in [1.807, 2.05) is 0 Å². The fraction of sp³-hybridized carbons (Fsp3) is 0.879. The van der Waals surface area contributed by atoms with Crippen LogP contribution in [0.2, 0.25) is 0 Å². The molecule has 5 fully saturated rings. The van der Waals surface area contributed by atoms with E-state index in [1.54, 1.807) is 0 Å². The molecule has 5 saturated heterocycles. The molecule has 5 heterocycles. The van der Waals surface area contributed by atoms with E-state index in [0.29, 0.717) is 0 Å². The van der Waals surface area contributed by atoms with Gasteiger partial charge in [0.05, 0.1) is 25.9 Å². The summed E-state index contributed by atoms with van der Waals surface area (Å²) in [5, 5.41) is 102. The Morgan fingerprint density at radius 2 is 1.00 bits per heavy atom. The average Bonchev–Trinajstić information content (AvgIpc) is 3.53. The molecule has 0 aromatic carbocycles. The first-order valence-corrected chi connectivity index (χ1v) is 18.5. The van der Waals surface area contributed by atoms with Gasteiger partial charge in [-0.25, -0.2) is 4.79 Å². The lowest BCUT2D eigenvalue weighted by atomic mass is 9.93. The molecule has 0 bridgehead atoms. The second-order valence-electron chi connectivity index (χ2n) is 14.8. The summed E-state index contributed by atoms with van der Waals surface area (Å²) in [5.41, 5.74) is 0. The monoisotopic (exact) mass is 843 g/mol.